The second-order valence-electron chi connectivity index (χ2n) is 4.52. The van der Waals surface area contributed by atoms with E-state index in [1.807, 2.05) is 13.8 Å². The second-order valence-corrected chi connectivity index (χ2v) is 4.52. The first-order valence-corrected chi connectivity index (χ1v) is 5.74. The average molecular weight is 238 g/mol. The zero-order valence-corrected chi connectivity index (χ0v) is 10.2. The Morgan fingerprint density at radius 3 is 2.76 bits per heavy atom. The number of aromatic nitrogens is 2. The number of aliphatic hydroxyl groups excluding tert-OH is 1. The van der Waals surface area contributed by atoms with E-state index in [0.717, 1.165) is 11.4 Å². The lowest BCUT2D eigenvalue weighted by Gasteiger charge is -2.15. The Hall–Kier alpha value is -1.56. The number of amides is 1. The molecule has 1 atom stereocenters. The van der Waals surface area contributed by atoms with Crippen LogP contribution in [0.1, 0.15) is 17.8 Å². The molecule has 1 fully saturated rings. The molecule has 2 heterocycles. The fourth-order valence-corrected chi connectivity index (χ4v) is 2.06. The number of aliphatic hydroxyl groups is 1. The van der Waals surface area contributed by atoms with Gasteiger partial charge in [-0.15, -0.1) is 0 Å². The topological polar surface area (TPSA) is 84.4 Å². The van der Waals surface area contributed by atoms with Gasteiger partial charge in [-0.05, 0) is 20.3 Å². The molecule has 1 aromatic heterocycles. The Morgan fingerprint density at radius 1 is 1.59 bits per heavy atom. The fourth-order valence-electron chi connectivity index (χ4n) is 2.06. The van der Waals surface area contributed by atoms with Gasteiger partial charge in [-0.25, -0.2) is 0 Å². The third-order valence-electron chi connectivity index (χ3n) is 3.24. The highest BCUT2D eigenvalue weighted by molar-refractivity contribution is 5.76. The lowest BCUT2D eigenvalue weighted by molar-refractivity contribution is -0.131. The van der Waals surface area contributed by atoms with E-state index in [1.165, 1.54) is 0 Å². The summed E-state index contributed by atoms with van der Waals surface area (Å²) in [6, 6.07) is 0. The lowest BCUT2D eigenvalue weighted by atomic mass is 10.3. The van der Waals surface area contributed by atoms with Gasteiger partial charge in [0.25, 0.3) is 0 Å². The second kappa shape index (κ2) is 4.37. The molecule has 6 nitrogen and oxygen atoms in total. The van der Waals surface area contributed by atoms with Crippen molar-refractivity contribution in [1.82, 2.24) is 14.7 Å². The minimum absolute atomic E-state index is 0.0212. The predicted molar refractivity (Wildman–Crippen MR) is 63.3 cm³/mol. The Balaban J connectivity index is 2.05. The van der Waals surface area contributed by atoms with Gasteiger partial charge in [-0.2, -0.15) is 5.10 Å². The van der Waals surface area contributed by atoms with Crippen LogP contribution in [0, 0.1) is 13.8 Å². The number of nitrogens with two attached hydrogens (primary N) is 1. The quantitative estimate of drug-likeness (QED) is 0.739. The van der Waals surface area contributed by atoms with Crippen LogP contribution in [0.5, 0.6) is 0 Å². The van der Waals surface area contributed by atoms with E-state index in [0.29, 0.717) is 25.2 Å². The maximum atomic E-state index is 11.9. The van der Waals surface area contributed by atoms with Crippen LogP contribution in [0.25, 0.3) is 0 Å². The van der Waals surface area contributed by atoms with Gasteiger partial charge in [-0.1, -0.05) is 0 Å². The molecule has 17 heavy (non-hydrogen) atoms. The molecule has 1 aliphatic heterocycles. The summed E-state index contributed by atoms with van der Waals surface area (Å²) in [5.74, 6) is -0.0212. The highest BCUT2D eigenvalue weighted by atomic mass is 16.3. The van der Waals surface area contributed by atoms with Gasteiger partial charge in [0.2, 0.25) is 5.91 Å². The molecule has 0 saturated carbocycles. The molecular weight excluding hydrogens is 220 g/mol. The van der Waals surface area contributed by atoms with Crippen LogP contribution in [0.15, 0.2) is 0 Å². The molecule has 0 aromatic carbocycles. The summed E-state index contributed by atoms with van der Waals surface area (Å²) in [7, 11) is 0. The van der Waals surface area contributed by atoms with Crippen molar-refractivity contribution in [2.45, 2.75) is 32.9 Å². The van der Waals surface area contributed by atoms with Crippen molar-refractivity contribution in [3.63, 3.8) is 0 Å². The number of rotatable bonds is 2. The minimum atomic E-state index is -0.385. The molecule has 0 unspecified atom stereocenters. The number of likely N-dealkylation sites (tertiary alicyclic amines) is 1. The number of nitrogens with zero attached hydrogens (tertiary/aromatic N) is 3. The highest BCUT2D eigenvalue weighted by Crippen LogP contribution is 2.16. The van der Waals surface area contributed by atoms with Gasteiger partial charge in [0, 0.05) is 13.1 Å². The van der Waals surface area contributed by atoms with E-state index in [-0.39, 0.29) is 18.6 Å². The molecule has 1 aromatic rings. The van der Waals surface area contributed by atoms with E-state index in [1.54, 1.807) is 9.58 Å². The van der Waals surface area contributed by atoms with Gasteiger partial charge >= 0.3 is 0 Å². The van der Waals surface area contributed by atoms with Gasteiger partial charge in [0.15, 0.2) is 0 Å². The number of β-amino-alcohol motifs (C(OH)–C–C–N with tert-alkyl or cyclic N) is 1. The Kier molecular flexibility index (Phi) is 3.06. The first kappa shape index (κ1) is 11.9. The van der Waals surface area contributed by atoms with Gasteiger partial charge in [-0.3, -0.25) is 9.48 Å². The van der Waals surface area contributed by atoms with Crippen LogP contribution in [0.2, 0.25) is 0 Å². The summed E-state index contributed by atoms with van der Waals surface area (Å²) in [4.78, 5) is 13.6. The van der Waals surface area contributed by atoms with Crippen molar-refractivity contribution in [2.75, 3.05) is 18.8 Å². The van der Waals surface area contributed by atoms with Crippen LogP contribution in [0.3, 0.4) is 0 Å². The van der Waals surface area contributed by atoms with Crippen molar-refractivity contribution < 1.29 is 9.90 Å². The van der Waals surface area contributed by atoms with Gasteiger partial charge in [0.05, 0.1) is 23.2 Å². The largest absolute Gasteiger partial charge is 0.396 e. The van der Waals surface area contributed by atoms with E-state index < -0.39 is 0 Å². The Bertz CT molecular complexity index is 441. The zero-order chi connectivity index (χ0) is 12.6. The molecule has 94 valence electrons. The van der Waals surface area contributed by atoms with Crippen molar-refractivity contribution in [1.29, 1.82) is 0 Å². The zero-order valence-electron chi connectivity index (χ0n) is 10.2. The summed E-state index contributed by atoms with van der Waals surface area (Å²) < 4.78 is 1.62. The summed E-state index contributed by atoms with van der Waals surface area (Å²) in [5, 5.41) is 13.6. The Labute approximate surface area is 100 Å². The molecule has 1 saturated heterocycles. The highest BCUT2D eigenvalue weighted by Gasteiger charge is 2.25. The maximum Gasteiger partial charge on any atom is 0.244 e. The van der Waals surface area contributed by atoms with Gasteiger partial charge in [0.1, 0.15) is 6.54 Å². The first-order valence-electron chi connectivity index (χ1n) is 5.74. The fraction of sp³-hybridized carbons (Fsp3) is 0.636. The van der Waals surface area contributed by atoms with E-state index in [2.05, 4.69) is 5.10 Å². The molecule has 2 rings (SSSR count). The smallest absolute Gasteiger partial charge is 0.244 e. The molecule has 6 heteroatoms. The standard InChI is InChI=1S/C11H18N4O2/c1-7-11(12)8(2)15(13-7)6-10(17)14-4-3-9(16)5-14/h9,16H,3-6,12H2,1-2H3/t9-/m0/s1. The summed E-state index contributed by atoms with van der Waals surface area (Å²) in [6.45, 7) is 4.91. The molecular formula is C11H18N4O2. The van der Waals surface area contributed by atoms with Crippen LogP contribution in [-0.2, 0) is 11.3 Å². The summed E-state index contributed by atoms with van der Waals surface area (Å²) in [6.07, 6.45) is 0.273. The number of hydrogen-bond donors (Lipinski definition) is 2. The molecule has 0 spiro atoms. The van der Waals surface area contributed by atoms with Crippen molar-refractivity contribution in [3.05, 3.63) is 11.4 Å². The van der Waals surface area contributed by atoms with Crippen molar-refractivity contribution >= 4 is 11.6 Å². The maximum absolute atomic E-state index is 11.9. The van der Waals surface area contributed by atoms with E-state index in [4.69, 9.17) is 5.73 Å². The number of carbonyl (C=O) groups excluding carboxylic acids is 1. The minimum Gasteiger partial charge on any atom is -0.396 e. The number of nitrogen functional groups attached to an aromatic ring is 1. The third-order valence-corrected chi connectivity index (χ3v) is 3.24. The molecule has 0 aliphatic carbocycles. The van der Waals surface area contributed by atoms with Crippen LogP contribution >= 0.6 is 0 Å². The SMILES string of the molecule is Cc1nn(CC(=O)N2CC[C@H](O)C2)c(C)c1N. The van der Waals surface area contributed by atoms with E-state index in [9.17, 15) is 9.90 Å². The van der Waals surface area contributed by atoms with Crippen LogP contribution in [-0.4, -0.2) is 44.9 Å². The van der Waals surface area contributed by atoms with Crippen molar-refractivity contribution in [2.24, 2.45) is 0 Å². The molecule has 3 N–H and O–H groups in total. The monoisotopic (exact) mass is 238 g/mol. The van der Waals surface area contributed by atoms with Crippen molar-refractivity contribution in [3.8, 4) is 0 Å². The number of carbonyl (C=O) groups is 1. The summed E-state index contributed by atoms with van der Waals surface area (Å²) >= 11 is 0. The first-order chi connectivity index (χ1) is 7.99. The average Bonchev–Trinajstić information content (AvgIpc) is 2.80. The molecule has 1 amide bonds. The molecule has 0 radical (unpaired) electrons. The molecule has 1 aliphatic rings. The van der Waals surface area contributed by atoms with E-state index >= 15 is 0 Å². The predicted octanol–water partition coefficient (Wildman–Crippen LogP) is -0.325. The Morgan fingerprint density at radius 2 is 2.29 bits per heavy atom. The van der Waals surface area contributed by atoms with Gasteiger partial charge < -0.3 is 15.7 Å². The number of hydrogen-bond acceptors (Lipinski definition) is 4. The number of aryl methyl sites for hydroxylation is 1. The van der Waals surface area contributed by atoms with Crippen LogP contribution in [0.4, 0.5) is 5.69 Å². The third kappa shape index (κ3) is 2.26. The summed E-state index contributed by atoms with van der Waals surface area (Å²) in [5.41, 5.74) is 8.01. The van der Waals surface area contributed by atoms with Crippen LogP contribution < -0.4 is 5.73 Å². The normalized spacial score (nSPS) is 19.9. The lowest BCUT2D eigenvalue weighted by Crippen LogP contribution is -2.33. The molecule has 0 bridgehead atoms. The number of anilines is 1.